The number of ether oxygens (including phenoxy) is 1. The zero-order chi connectivity index (χ0) is 9.72. The first-order valence-electron chi connectivity index (χ1n) is 3.89. The zero-order valence-corrected chi connectivity index (χ0v) is 8.39. The van der Waals surface area contributed by atoms with Gasteiger partial charge in [-0.2, -0.15) is 0 Å². The van der Waals surface area contributed by atoms with E-state index in [-0.39, 0.29) is 5.78 Å². The van der Waals surface area contributed by atoms with Crippen LogP contribution in [0.5, 0.6) is 0 Å². The van der Waals surface area contributed by atoms with E-state index in [4.69, 9.17) is 4.74 Å². The Balaban J connectivity index is 4.78. The van der Waals surface area contributed by atoms with Gasteiger partial charge in [0.05, 0.1) is 7.11 Å². The molecule has 2 heteroatoms. The van der Waals surface area contributed by atoms with Crippen LogP contribution in [0.2, 0.25) is 0 Å². The van der Waals surface area contributed by atoms with E-state index >= 15 is 0 Å². The highest BCUT2D eigenvalue weighted by Crippen LogP contribution is 2.14. The van der Waals surface area contributed by atoms with Gasteiger partial charge in [0.15, 0.2) is 5.78 Å². The molecule has 0 rings (SSSR count). The van der Waals surface area contributed by atoms with Crippen molar-refractivity contribution in [1.82, 2.24) is 0 Å². The Bertz CT molecular complexity index is 230. The molecule has 0 saturated heterocycles. The predicted octanol–water partition coefficient (Wildman–Crippen LogP) is 2.46. The number of ketones is 1. The summed E-state index contributed by atoms with van der Waals surface area (Å²) in [5.74, 6) is 0.841. The van der Waals surface area contributed by atoms with Crippen LogP contribution in [0.1, 0.15) is 27.7 Å². The molecular weight excluding hydrogens is 152 g/mol. The number of rotatable bonds is 3. The average Bonchev–Trinajstić information content (AvgIpc) is 1.85. The van der Waals surface area contributed by atoms with Crippen LogP contribution in [0, 0.1) is 0 Å². The van der Waals surface area contributed by atoms with E-state index in [9.17, 15) is 4.79 Å². The van der Waals surface area contributed by atoms with Gasteiger partial charge < -0.3 is 4.74 Å². The predicted molar refractivity (Wildman–Crippen MR) is 49.8 cm³/mol. The van der Waals surface area contributed by atoms with E-state index in [0.29, 0.717) is 0 Å². The maximum absolute atomic E-state index is 10.7. The molecule has 0 radical (unpaired) electrons. The number of hydrogen-bond acceptors (Lipinski definition) is 2. The van der Waals surface area contributed by atoms with Gasteiger partial charge in [-0.3, -0.25) is 4.79 Å². The molecule has 0 bridgehead atoms. The van der Waals surface area contributed by atoms with Crippen molar-refractivity contribution in [2.45, 2.75) is 27.7 Å². The van der Waals surface area contributed by atoms with E-state index < -0.39 is 0 Å². The molecule has 0 atom stereocenters. The molecule has 12 heavy (non-hydrogen) atoms. The van der Waals surface area contributed by atoms with Crippen molar-refractivity contribution in [1.29, 1.82) is 0 Å². The first-order valence-corrected chi connectivity index (χ1v) is 3.89. The highest BCUT2D eigenvalue weighted by molar-refractivity contribution is 5.88. The molecule has 0 spiro atoms. The zero-order valence-electron chi connectivity index (χ0n) is 8.39. The molecular formula is C10H16O2. The second-order valence-electron chi connectivity index (χ2n) is 2.97. The Morgan fingerprint density at radius 2 is 1.67 bits per heavy atom. The molecule has 0 aromatic rings. The molecule has 0 aliphatic rings. The van der Waals surface area contributed by atoms with Crippen LogP contribution in [0.4, 0.5) is 0 Å². The van der Waals surface area contributed by atoms with Crippen LogP contribution >= 0.6 is 0 Å². The molecule has 2 nitrogen and oxygen atoms in total. The maximum Gasteiger partial charge on any atom is 0.153 e. The molecule has 0 aromatic carbocycles. The SMILES string of the molecule is COC(=C(C)C)/C(C)=C\C(C)=O. The van der Waals surface area contributed by atoms with Crippen molar-refractivity contribution in [3.63, 3.8) is 0 Å². The van der Waals surface area contributed by atoms with Gasteiger partial charge in [0.2, 0.25) is 0 Å². The summed E-state index contributed by atoms with van der Waals surface area (Å²) in [5.41, 5.74) is 1.96. The Hall–Kier alpha value is -1.05. The molecule has 0 saturated carbocycles. The van der Waals surface area contributed by atoms with E-state index in [1.807, 2.05) is 20.8 Å². The third kappa shape index (κ3) is 3.37. The van der Waals surface area contributed by atoms with Gasteiger partial charge in [0.1, 0.15) is 5.76 Å². The standard InChI is InChI=1S/C10H16O2/c1-7(2)10(12-5)8(3)6-9(4)11/h6H,1-5H3/b8-6-. The lowest BCUT2D eigenvalue weighted by atomic mass is 10.1. The third-order valence-corrected chi connectivity index (χ3v) is 1.44. The lowest BCUT2D eigenvalue weighted by Crippen LogP contribution is -1.94. The van der Waals surface area contributed by atoms with Gasteiger partial charge in [-0.1, -0.05) is 0 Å². The minimum atomic E-state index is 0.0447. The van der Waals surface area contributed by atoms with Crippen molar-refractivity contribution in [2.75, 3.05) is 7.11 Å². The van der Waals surface area contributed by atoms with Crippen LogP contribution in [0.15, 0.2) is 23.0 Å². The number of allylic oxidation sites excluding steroid dienone is 3. The second kappa shape index (κ2) is 4.75. The van der Waals surface area contributed by atoms with E-state index in [1.54, 1.807) is 13.2 Å². The van der Waals surface area contributed by atoms with E-state index in [1.165, 1.54) is 6.92 Å². The first-order chi connectivity index (χ1) is 5.49. The Morgan fingerprint density at radius 1 is 1.17 bits per heavy atom. The van der Waals surface area contributed by atoms with Crippen molar-refractivity contribution in [3.8, 4) is 0 Å². The molecule has 0 N–H and O–H groups in total. The topological polar surface area (TPSA) is 26.3 Å². The molecule has 0 fully saturated rings. The summed E-state index contributed by atoms with van der Waals surface area (Å²) >= 11 is 0. The van der Waals surface area contributed by atoms with E-state index in [0.717, 1.165) is 16.9 Å². The number of methoxy groups -OCH3 is 1. The fourth-order valence-corrected chi connectivity index (χ4v) is 1.13. The van der Waals surface area contributed by atoms with Gasteiger partial charge in [0, 0.05) is 0 Å². The molecule has 0 aliphatic carbocycles. The fourth-order valence-electron chi connectivity index (χ4n) is 1.13. The van der Waals surface area contributed by atoms with Gasteiger partial charge in [0.25, 0.3) is 0 Å². The minimum absolute atomic E-state index is 0.0447. The third-order valence-electron chi connectivity index (χ3n) is 1.44. The highest BCUT2D eigenvalue weighted by atomic mass is 16.5. The van der Waals surface area contributed by atoms with Crippen LogP contribution in [-0.4, -0.2) is 12.9 Å². The molecule has 68 valence electrons. The summed E-state index contributed by atoms with van der Waals surface area (Å²) in [7, 11) is 1.61. The summed E-state index contributed by atoms with van der Waals surface area (Å²) in [5, 5.41) is 0. The minimum Gasteiger partial charge on any atom is -0.497 e. The van der Waals surface area contributed by atoms with Gasteiger partial charge in [-0.25, -0.2) is 0 Å². The normalized spacial score (nSPS) is 10.9. The second-order valence-corrected chi connectivity index (χ2v) is 2.97. The average molecular weight is 168 g/mol. The van der Waals surface area contributed by atoms with E-state index in [2.05, 4.69) is 0 Å². The smallest absolute Gasteiger partial charge is 0.153 e. The lowest BCUT2D eigenvalue weighted by Gasteiger charge is -2.07. The van der Waals surface area contributed by atoms with Gasteiger partial charge >= 0.3 is 0 Å². The quantitative estimate of drug-likeness (QED) is 0.367. The number of carbonyl (C=O) groups excluding carboxylic acids is 1. The van der Waals surface area contributed by atoms with Crippen LogP contribution in [-0.2, 0) is 9.53 Å². The Labute approximate surface area is 73.9 Å². The molecule has 0 unspecified atom stereocenters. The van der Waals surface area contributed by atoms with Crippen LogP contribution in [0.3, 0.4) is 0 Å². The molecule has 0 amide bonds. The highest BCUT2D eigenvalue weighted by Gasteiger charge is 2.02. The van der Waals surface area contributed by atoms with Crippen LogP contribution < -0.4 is 0 Å². The molecule has 0 heterocycles. The van der Waals surface area contributed by atoms with Crippen molar-refractivity contribution < 1.29 is 9.53 Å². The molecule has 0 aliphatic heterocycles. The monoisotopic (exact) mass is 168 g/mol. The maximum atomic E-state index is 10.7. The number of hydrogen-bond donors (Lipinski definition) is 0. The first kappa shape index (κ1) is 11.0. The lowest BCUT2D eigenvalue weighted by molar-refractivity contribution is -0.112. The van der Waals surface area contributed by atoms with Crippen molar-refractivity contribution >= 4 is 5.78 Å². The van der Waals surface area contributed by atoms with Crippen molar-refractivity contribution in [3.05, 3.63) is 23.0 Å². The van der Waals surface area contributed by atoms with Gasteiger partial charge in [-0.15, -0.1) is 0 Å². The summed E-state index contributed by atoms with van der Waals surface area (Å²) in [4.78, 5) is 10.7. The summed E-state index contributed by atoms with van der Waals surface area (Å²) in [6.45, 7) is 7.31. The van der Waals surface area contributed by atoms with Crippen molar-refractivity contribution in [2.24, 2.45) is 0 Å². The van der Waals surface area contributed by atoms with Gasteiger partial charge in [-0.05, 0) is 44.9 Å². The summed E-state index contributed by atoms with van der Waals surface area (Å²) < 4.78 is 5.13. The molecule has 0 aromatic heterocycles. The summed E-state index contributed by atoms with van der Waals surface area (Å²) in [6, 6.07) is 0. The Morgan fingerprint density at radius 3 is 1.92 bits per heavy atom. The number of carbonyl (C=O) groups is 1. The largest absolute Gasteiger partial charge is 0.497 e. The Kier molecular flexibility index (Phi) is 4.34. The van der Waals surface area contributed by atoms with Crippen LogP contribution in [0.25, 0.3) is 0 Å². The fraction of sp³-hybridized carbons (Fsp3) is 0.500. The summed E-state index contributed by atoms with van der Waals surface area (Å²) in [6.07, 6.45) is 1.58.